The molecule has 2 rings (SSSR count). The van der Waals surface area contributed by atoms with Crippen LogP contribution in [0.15, 0.2) is 18.5 Å². The summed E-state index contributed by atoms with van der Waals surface area (Å²) in [6, 6.07) is 1.47. The van der Waals surface area contributed by atoms with Crippen LogP contribution in [0.2, 0.25) is 0 Å². The van der Waals surface area contributed by atoms with E-state index in [9.17, 15) is 9.59 Å². The third-order valence-corrected chi connectivity index (χ3v) is 5.50. The maximum absolute atomic E-state index is 12.9. The van der Waals surface area contributed by atoms with Crippen LogP contribution in [-0.2, 0) is 20.9 Å². The van der Waals surface area contributed by atoms with E-state index in [1.807, 2.05) is 33.8 Å². The number of carbonyl (C=O) groups excluding carboxylic acids is 2. The molecule has 30 heavy (non-hydrogen) atoms. The molecule has 2 heterocycles. The van der Waals surface area contributed by atoms with Crippen molar-refractivity contribution in [2.24, 2.45) is 11.8 Å². The second kappa shape index (κ2) is 11.1. The Morgan fingerprint density at radius 3 is 2.63 bits per heavy atom. The molecule has 0 aromatic carbocycles. The van der Waals surface area contributed by atoms with Gasteiger partial charge in [0.2, 0.25) is 5.91 Å². The van der Waals surface area contributed by atoms with Crippen LogP contribution in [0.5, 0.6) is 0 Å². The number of aromatic nitrogens is 3. The molecule has 2 atom stereocenters. The first-order chi connectivity index (χ1) is 14.3. The van der Waals surface area contributed by atoms with Gasteiger partial charge in [0.1, 0.15) is 17.4 Å². The van der Waals surface area contributed by atoms with Crippen LogP contribution >= 0.6 is 0 Å². The summed E-state index contributed by atoms with van der Waals surface area (Å²) in [6.07, 6.45) is 6.85. The number of pyridine rings is 1. The van der Waals surface area contributed by atoms with Crippen molar-refractivity contribution >= 4 is 22.9 Å². The quantitative estimate of drug-likeness (QED) is 0.409. The normalized spacial score (nSPS) is 13.4. The SMILES string of the molecule is CCOC(=O)[C@H](CC(C)C)N(C)C(=O)C(C)CCCCn1c(C)nc2cnccc21. The Kier molecular flexibility index (Phi) is 8.81. The van der Waals surface area contributed by atoms with Gasteiger partial charge >= 0.3 is 5.97 Å². The zero-order chi connectivity index (χ0) is 22.3. The Morgan fingerprint density at radius 1 is 1.23 bits per heavy atom. The predicted molar refractivity (Wildman–Crippen MR) is 118 cm³/mol. The van der Waals surface area contributed by atoms with E-state index in [0.29, 0.717) is 18.9 Å². The van der Waals surface area contributed by atoms with Crippen LogP contribution in [0.3, 0.4) is 0 Å². The lowest BCUT2D eigenvalue weighted by Crippen LogP contribution is -2.46. The smallest absolute Gasteiger partial charge is 0.328 e. The van der Waals surface area contributed by atoms with Gasteiger partial charge in [0.05, 0.1) is 18.3 Å². The molecule has 0 bridgehead atoms. The maximum Gasteiger partial charge on any atom is 0.328 e. The molecule has 7 nitrogen and oxygen atoms in total. The lowest BCUT2D eigenvalue weighted by Gasteiger charge is -2.30. The minimum atomic E-state index is -0.520. The number of ether oxygens (including phenoxy) is 1. The van der Waals surface area contributed by atoms with Gasteiger partial charge in [-0.3, -0.25) is 9.78 Å². The molecule has 0 spiro atoms. The molecule has 2 aromatic heterocycles. The Bertz CT molecular complexity index is 846. The summed E-state index contributed by atoms with van der Waals surface area (Å²) in [5.41, 5.74) is 2.01. The number of aryl methyl sites for hydroxylation is 2. The average molecular weight is 417 g/mol. The van der Waals surface area contributed by atoms with Gasteiger partial charge in [0.15, 0.2) is 0 Å². The van der Waals surface area contributed by atoms with Crippen molar-refractivity contribution in [2.75, 3.05) is 13.7 Å². The van der Waals surface area contributed by atoms with Crippen LogP contribution < -0.4 is 0 Å². The zero-order valence-corrected chi connectivity index (χ0v) is 19.2. The molecule has 0 aliphatic rings. The molecule has 1 amide bonds. The molecule has 0 aliphatic heterocycles. The molecule has 0 aliphatic carbocycles. The fraction of sp³-hybridized carbons (Fsp3) is 0.652. The van der Waals surface area contributed by atoms with Crippen molar-refractivity contribution in [1.29, 1.82) is 0 Å². The van der Waals surface area contributed by atoms with Gasteiger partial charge in [0.25, 0.3) is 0 Å². The minimum Gasteiger partial charge on any atom is -0.464 e. The van der Waals surface area contributed by atoms with Crippen molar-refractivity contribution in [3.8, 4) is 0 Å². The van der Waals surface area contributed by atoms with Gasteiger partial charge in [-0.05, 0) is 45.1 Å². The summed E-state index contributed by atoms with van der Waals surface area (Å²) in [6.45, 7) is 11.0. The highest BCUT2D eigenvalue weighted by molar-refractivity contribution is 5.85. The van der Waals surface area contributed by atoms with Gasteiger partial charge < -0.3 is 14.2 Å². The van der Waals surface area contributed by atoms with Crippen molar-refractivity contribution in [1.82, 2.24) is 19.4 Å². The second-order valence-corrected chi connectivity index (χ2v) is 8.42. The van der Waals surface area contributed by atoms with E-state index in [1.165, 1.54) is 0 Å². The predicted octanol–water partition coefficient (Wildman–Crippen LogP) is 3.98. The molecule has 2 aromatic rings. The van der Waals surface area contributed by atoms with E-state index in [4.69, 9.17) is 4.74 Å². The summed E-state index contributed by atoms with van der Waals surface area (Å²) >= 11 is 0. The van der Waals surface area contributed by atoms with E-state index in [1.54, 1.807) is 31.3 Å². The van der Waals surface area contributed by atoms with Gasteiger partial charge in [0, 0.05) is 25.7 Å². The summed E-state index contributed by atoms with van der Waals surface area (Å²) in [5, 5.41) is 0. The highest BCUT2D eigenvalue weighted by atomic mass is 16.5. The summed E-state index contributed by atoms with van der Waals surface area (Å²) in [5.74, 6) is 0.834. The van der Waals surface area contributed by atoms with E-state index in [0.717, 1.165) is 42.7 Å². The van der Waals surface area contributed by atoms with E-state index < -0.39 is 6.04 Å². The number of nitrogens with zero attached hydrogens (tertiary/aromatic N) is 4. The lowest BCUT2D eigenvalue weighted by molar-refractivity contribution is -0.155. The third kappa shape index (κ3) is 6.03. The Labute approximate surface area is 179 Å². The summed E-state index contributed by atoms with van der Waals surface area (Å²) in [7, 11) is 1.72. The van der Waals surface area contributed by atoms with Crippen molar-refractivity contribution in [2.45, 2.75) is 72.9 Å². The van der Waals surface area contributed by atoms with Crippen molar-refractivity contribution in [3.05, 3.63) is 24.3 Å². The van der Waals surface area contributed by atoms with Gasteiger partial charge in [-0.1, -0.05) is 27.2 Å². The number of amides is 1. The molecule has 0 N–H and O–H groups in total. The Balaban J connectivity index is 1.89. The highest BCUT2D eigenvalue weighted by Gasteiger charge is 2.30. The molecule has 7 heteroatoms. The van der Waals surface area contributed by atoms with Crippen LogP contribution in [0.25, 0.3) is 11.0 Å². The summed E-state index contributed by atoms with van der Waals surface area (Å²) in [4.78, 5) is 35.5. The van der Waals surface area contributed by atoms with Crippen molar-refractivity contribution < 1.29 is 14.3 Å². The second-order valence-electron chi connectivity index (χ2n) is 8.42. The number of esters is 1. The first kappa shape index (κ1) is 23.8. The molecule has 0 saturated heterocycles. The number of unbranched alkanes of at least 4 members (excludes halogenated alkanes) is 1. The first-order valence-electron chi connectivity index (χ1n) is 11.0. The molecular weight excluding hydrogens is 380 g/mol. The Hall–Kier alpha value is -2.44. The number of rotatable bonds is 11. The lowest BCUT2D eigenvalue weighted by atomic mass is 9.98. The number of imidazole rings is 1. The standard InChI is InChI=1S/C23H36N4O3/c1-7-30-23(29)21(14-16(2)3)26(6)22(28)17(4)10-8-9-13-27-18(5)25-19-15-24-12-11-20(19)27/h11-12,15-17,21H,7-10,13-14H2,1-6H3/t17?,21-/m0/s1. The van der Waals surface area contributed by atoms with Gasteiger partial charge in [-0.2, -0.15) is 0 Å². The maximum atomic E-state index is 12.9. The van der Waals surface area contributed by atoms with Gasteiger partial charge in [-0.15, -0.1) is 0 Å². The van der Waals surface area contributed by atoms with E-state index in [-0.39, 0.29) is 17.8 Å². The number of hydrogen-bond donors (Lipinski definition) is 0. The molecule has 0 saturated carbocycles. The number of carbonyl (C=O) groups is 2. The summed E-state index contributed by atoms with van der Waals surface area (Å²) < 4.78 is 7.40. The number of hydrogen-bond acceptors (Lipinski definition) is 5. The highest BCUT2D eigenvalue weighted by Crippen LogP contribution is 2.19. The molecular formula is C23H36N4O3. The number of likely N-dealkylation sites (N-methyl/N-ethyl adjacent to an activating group) is 1. The van der Waals surface area contributed by atoms with Crippen molar-refractivity contribution in [3.63, 3.8) is 0 Å². The largest absolute Gasteiger partial charge is 0.464 e. The zero-order valence-electron chi connectivity index (χ0n) is 19.2. The Morgan fingerprint density at radius 2 is 1.97 bits per heavy atom. The van der Waals surface area contributed by atoms with E-state index >= 15 is 0 Å². The van der Waals surface area contributed by atoms with Crippen LogP contribution in [0, 0.1) is 18.8 Å². The van der Waals surface area contributed by atoms with Gasteiger partial charge in [-0.25, -0.2) is 9.78 Å². The fourth-order valence-electron chi connectivity index (χ4n) is 3.83. The average Bonchev–Trinajstić information content (AvgIpc) is 3.03. The molecule has 166 valence electrons. The van der Waals surface area contributed by atoms with Crippen LogP contribution in [0.4, 0.5) is 0 Å². The van der Waals surface area contributed by atoms with Crippen LogP contribution in [-0.4, -0.2) is 51.0 Å². The topological polar surface area (TPSA) is 77.3 Å². The first-order valence-corrected chi connectivity index (χ1v) is 11.0. The molecule has 1 unspecified atom stereocenters. The monoisotopic (exact) mass is 416 g/mol. The fourth-order valence-corrected chi connectivity index (χ4v) is 3.83. The molecule has 0 fully saturated rings. The number of fused-ring (bicyclic) bond motifs is 1. The van der Waals surface area contributed by atoms with Crippen LogP contribution in [0.1, 0.15) is 59.2 Å². The third-order valence-electron chi connectivity index (χ3n) is 5.50. The minimum absolute atomic E-state index is 0.00374. The molecule has 0 radical (unpaired) electrons. The van der Waals surface area contributed by atoms with E-state index in [2.05, 4.69) is 14.5 Å².